The molecule has 0 amide bonds. The highest BCUT2D eigenvalue weighted by molar-refractivity contribution is 7.99. The van der Waals surface area contributed by atoms with Crippen LogP contribution in [0.4, 0.5) is 5.95 Å². The highest BCUT2D eigenvalue weighted by Crippen LogP contribution is 2.20. The molecule has 20 heavy (non-hydrogen) atoms. The number of hydrogen-bond acceptors (Lipinski definition) is 4. The maximum atomic E-state index is 5.73. The van der Waals surface area contributed by atoms with Crippen molar-refractivity contribution >= 4 is 35.0 Å². The van der Waals surface area contributed by atoms with Crippen molar-refractivity contribution < 1.29 is 4.98 Å². The Hall–Kier alpha value is -2.34. The molecule has 5 nitrogen and oxygen atoms in total. The average Bonchev–Trinajstić information content (AvgIpc) is 2.92. The highest BCUT2D eigenvalue weighted by atomic mass is 32.2. The SMILES string of the molecule is Nc1nc2nc[nH]c2c(SCC=Cc2ccccc2)[nH+]1. The van der Waals surface area contributed by atoms with Crippen molar-refractivity contribution in [1.82, 2.24) is 15.0 Å². The number of benzene rings is 1. The summed E-state index contributed by atoms with van der Waals surface area (Å²) in [5.41, 5.74) is 8.44. The second kappa shape index (κ2) is 5.75. The summed E-state index contributed by atoms with van der Waals surface area (Å²) in [6.07, 6.45) is 5.84. The molecular weight excluding hydrogens is 270 g/mol. The van der Waals surface area contributed by atoms with Crippen molar-refractivity contribution in [3.63, 3.8) is 0 Å². The Labute approximate surface area is 120 Å². The molecule has 0 unspecified atom stereocenters. The molecular formula is C14H14N5S+. The first-order chi connectivity index (χ1) is 9.83. The minimum Gasteiger partial charge on any atom is -0.339 e. The van der Waals surface area contributed by atoms with E-state index in [-0.39, 0.29) is 0 Å². The Morgan fingerprint density at radius 1 is 1.30 bits per heavy atom. The zero-order valence-electron chi connectivity index (χ0n) is 10.7. The summed E-state index contributed by atoms with van der Waals surface area (Å²) in [6.45, 7) is 0. The molecule has 100 valence electrons. The Kier molecular flexibility index (Phi) is 3.64. The third kappa shape index (κ3) is 2.80. The van der Waals surface area contributed by atoms with Gasteiger partial charge in [-0.15, -0.1) is 0 Å². The molecule has 2 heterocycles. The van der Waals surface area contributed by atoms with E-state index in [2.05, 4.69) is 44.2 Å². The van der Waals surface area contributed by atoms with Crippen LogP contribution in [0.1, 0.15) is 5.56 Å². The fourth-order valence-electron chi connectivity index (χ4n) is 1.85. The highest BCUT2D eigenvalue weighted by Gasteiger charge is 2.12. The Bertz CT molecular complexity index is 736. The van der Waals surface area contributed by atoms with Crippen LogP contribution in [0.25, 0.3) is 17.2 Å². The average molecular weight is 284 g/mol. The second-order valence-electron chi connectivity index (χ2n) is 4.18. The summed E-state index contributed by atoms with van der Waals surface area (Å²) in [6, 6.07) is 10.2. The van der Waals surface area contributed by atoms with Gasteiger partial charge in [0.05, 0.1) is 6.33 Å². The van der Waals surface area contributed by atoms with Gasteiger partial charge in [0.15, 0.2) is 5.03 Å². The molecule has 0 atom stereocenters. The maximum Gasteiger partial charge on any atom is 0.390 e. The molecule has 0 bridgehead atoms. The zero-order valence-corrected chi connectivity index (χ0v) is 11.5. The number of nitrogens with one attached hydrogen (secondary N) is 2. The number of nitrogen functional groups attached to an aromatic ring is 1. The fraction of sp³-hybridized carbons (Fsp3) is 0.0714. The number of hydrogen-bond donors (Lipinski definition) is 2. The molecule has 0 radical (unpaired) electrons. The van der Waals surface area contributed by atoms with E-state index in [0.717, 1.165) is 16.3 Å². The minimum atomic E-state index is 0.374. The van der Waals surface area contributed by atoms with Crippen molar-refractivity contribution in [2.75, 3.05) is 11.5 Å². The first kappa shape index (κ1) is 12.7. The molecule has 0 spiro atoms. The third-order valence-corrected chi connectivity index (χ3v) is 3.70. The van der Waals surface area contributed by atoms with E-state index in [1.165, 1.54) is 5.56 Å². The van der Waals surface area contributed by atoms with Crippen molar-refractivity contribution in [3.8, 4) is 0 Å². The van der Waals surface area contributed by atoms with Gasteiger partial charge in [0, 0.05) is 5.75 Å². The van der Waals surface area contributed by atoms with E-state index in [1.807, 2.05) is 18.2 Å². The Morgan fingerprint density at radius 2 is 2.15 bits per heavy atom. The summed E-state index contributed by atoms with van der Waals surface area (Å²) < 4.78 is 0. The molecule has 0 aliphatic carbocycles. The van der Waals surface area contributed by atoms with Crippen molar-refractivity contribution in [2.45, 2.75) is 5.03 Å². The number of imidazole rings is 1. The van der Waals surface area contributed by atoms with E-state index < -0.39 is 0 Å². The number of rotatable bonds is 4. The zero-order chi connectivity index (χ0) is 13.8. The van der Waals surface area contributed by atoms with Crippen molar-refractivity contribution in [1.29, 1.82) is 0 Å². The van der Waals surface area contributed by atoms with Crippen LogP contribution < -0.4 is 10.7 Å². The second-order valence-corrected chi connectivity index (χ2v) is 5.21. The number of H-pyrrole nitrogens is 2. The minimum absolute atomic E-state index is 0.374. The molecule has 4 N–H and O–H groups in total. The largest absolute Gasteiger partial charge is 0.390 e. The number of aromatic nitrogens is 4. The number of fused-ring (bicyclic) bond motifs is 1. The summed E-state index contributed by atoms with van der Waals surface area (Å²) >= 11 is 1.65. The molecule has 0 fully saturated rings. The third-order valence-electron chi connectivity index (χ3n) is 2.75. The fourth-order valence-corrected chi connectivity index (χ4v) is 2.68. The lowest BCUT2D eigenvalue weighted by Crippen LogP contribution is -2.15. The number of nitrogens with two attached hydrogens (primary N) is 1. The van der Waals surface area contributed by atoms with E-state index >= 15 is 0 Å². The summed E-state index contributed by atoms with van der Waals surface area (Å²) in [4.78, 5) is 14.4. The van der Waals surface area contributed by atoms with Gasteiger partial charge in [-0.3, -0.25) is 5.73 Å². The molecule has 1 aromatic carbocycles. The van der Waals surface area contributed by atoms with Crippen LogP contribution in [0.5, 0.6) is 0 Å². The normalized spacial score (nSPS) is 11.4. The topological polar surface area (TPSA) is 81.7 Å². The molecule has 0 aliphatic rings. The van der Waals surface area contributed by atoms with Crippen LogP contribution in [-0.2, 0) is 0 Å². The van der Waals surface area contributed by atoms with Crippen LogP contribution >= 0.6 is 11.8 Å². The van der Waals surface area contributed by atoms with Gasteiger partial charge in [0.25, 0.3) is 5.65 Å². The van der Waals surface area contributed by atoms with Gasteiger partial charge in [0.2, 0.25) is 0 Å². The first-order valence-corrected chi connectivity index (χ1v) is 7.18. The van der Waals surface area contributed by atoms with Gasteiger partial charge in [-0.1, -0.05) is 54.2 Å². The lowest BCUT2D eigenvalue weighted by atomic mass is 10.2. The van der Waals surface area contributed by atoms with Gasteiger partial charge >= 0.3 is 5.95 Å². The van der Waals surface area contributed by atoms with Crippen LogP contribution in [-0.4, -0.2) is 20.7 Å². The number of aromatic amines is 2. The Morgan fingerprint density at radius 3 is 3.00 bits per heavy atom. The molecule has 2 aromatic heterocycles. The first-order valence-electron chi connectivity index (χ1n) is 6.19. The predicted molar refractivity (Wildman–Crippen MR) is 81.1 cm³/mol. The van der Waals surface area contributed by atoms with Gasteiger partial charge in [-0.05, 0) is 10.5 Å². The lowest BCUT2D eigenvalue weighted by molar-refractivity contribution is -0.410. The summed E-state index contributed by atoms with van der Waals surface area (Å²) in [5.74, 6) is 1.21. The molecule has 0 saturated carbocycles. The summed E-state index contributed by atoms with van der Waals surface area (Å²) in [7, 11) is 0. The van der Waals surface area contributed by atoms with Crippen LogP contribution in [0.15, 0.2) is 47.8 Å². The van der Waals surface area contributed by atoms with Crippen molar-refractivity contribution in [3.05, 3.63) is 48.3 Å². The predicted octanol–water partition coefficient (Wildman–Crippen LogP) is 2.16. The quantitative estimate of drug-likeness (QED) is 0.568. The molecule has 0 saturated heterocycles. The molecule has 6 heteroatoms. The molecule has 0 aliphatic heterocycles. The van der Waals surface area contributed by atoms with Gasteiger partial charge < -0.3 is 4.98 Å². The van der Waals surface area contributed by atoms with Crippen LogP contribution in [0.2, 0.25) is 0 Å². The van der Waals surface area contributed by atoms with Gasteiger partial charge in [0.1, 0.15) is 5.52 Å². The van der Waals surface area contributed by atoms with Crippen LogP contribution in [0, 0.1) is 0 Å². The van der Waals surface area contributed by atoms with Crippen molar-refractivity contribution in [2.24, 2.45) is 0 Å². The number of thioether (sulfide) groups is 1. The smallest absolute Gasteiger partial charge is 0.339 e. The van der Waals surface area contributed by atoms with Gasteiger partial charge in [-0.2, -0.15) is 0 Å². The van der Waals surface area contributed by atoms with E-state index in [4.69, 9.17) is 5.73 Å². The lowest BCUT2D eigenvalue weighted by Gasteiger charge is -1.97. The number of nitrogens with zero attached hydrogens (tertiary/aromatic N) is 2. The monoisotopic (exact) mass is 284 g/mol. The molecule has 3 rings (SSSR count). The molecule has 3 aromatic rings. The van der Waals surface area contributed by atoms with Crippen LogP contribution in [0.3, 0.4) is 0 Å². The van der Waals surface area contributed by atoms with E-state index in [9.17, 15) is 0 Å². The maximum absolute atomic E-state index is 5.73. The summed E-state index contributed by atoms with van der Waals surface area (Å²) in [5, 5.41) is 0.947. The van der Waals surface area contributed by atoms with E-state index in [0.29, 0.717) is 11.6 Å². The Balaban J connectivity index is 1.71. The van der Waals surface area contributed by atoms with Gasteiger partial charge in [-0.25, -0.2) is 9.97 Å². The number of anilines is 1. The standard InChI is InChI=1S/C14H13N5S/c15-14-18-12-11(16-9-17-12)13(19-14)20-8-4-7-10-5-2-1-3-6-10/h1-7,9H,8H2,(H3,15,16,17,18,19)/p+1. The van der Waals surface area contributed by atoms with E-state index in [1.54, 1.807) is 18.1 Å².